The quantitative estimate of drug-likeness (QED) is 0.884. The number of likely N-dealkylation sites (N-methyl/N-ethyl adjacent to an activating group) is 1. The highest BCUT2D eigenvalue weighted by Crippen LogP contribution is 2.35. The Kier molecular flexibility index (Phi) is 5.56. The normalized spacial score (nSPS) is 25.5. The van der Waals surface area contributed by atoms with Crippen molar-refractivity contribution in [3.8, 4) is 0 Å². The fraction of sp³-hybridized carbons (Fsp3) is 0.588. The van der Waals surface area contributed by atoms with E-state index in [2.05, 4.69) is 0 Å². The Hall–Kier alpha value is -1.43. The fourth-order valence-corrected chi connectivity index (χ4v) is 3.15. The lowest BCUT2D eigenvalue weighted by molar-refractivity contribution is -0.142. The summed E-state index contributed by atoms with van der Waals surface area (Å²) in [5.74, 6) is 0.0869. The third-order valence-electron chi connectivity index (χ3n) is 4.48. The van der Waals surface area contributed by atoms with Crippen LogP contribution in [0.1, 0.15) is 18.4 Å². The number of aliphatic hydroxyl groups is 1. The molecule has 0 aliphatic carbocycles. The molecule has 5 heteroatoms. The van der Waals surface area contributed by atoms with Crippen LogP contribution in [0.3, 0.4) is 0 Å². The molecule has 0 radical (unpaired) electrons. The van der Waals surface area contributed by atoms with Crippen LogP contribution in [0.2, 0.25) is 0 Å². The van der Waals surface area contributed by atoms with Crippen molar-refractivity contribution in [3.05, 3.63) is 35.9 Å². The molecule has 5 nitrogen and oxygen atoms in total. The summed E-state index contributed by atoms with van der Waals surface area (Å²) in [7, 11) is 5.49. The predicted octanol–water partition coefficient (Wildman–Crippen LogP) is 1.07. The Balaban J connectivity index is 2.17. The second-order valence-electron chi connectivity index (χ2n) is 6.10. The summed E-state index contributed by atoms with van der Waals surface area (Å²) in [6.07, 6.45) is 0.930. The molecule has 1 amide bonds. The molecule has 1 N–H and O–H groups in total. The van der Waals surface area contributed by atoms with E-state index in [4.69, 9.17) is 4.74 Å². The minimum absolute atomic E-state index is 0.0869. The number of nitrogens with zero attached hydrogens (tertiary/aromatic N) is 2. The number of rotatable bonds is 5. The zero-order valence-electron chi connectivity index (χ0n) is 13.7. The van der Waals surface area contributed by atoms with Crippen molar-refractivity contribution in [2.75, 3.05) is 40.9 Å². The van der Waals surface area contributed by atoms with Crippen molar-refractivity contribution in [2.24, 2.45) is 0 Å². The molecule has 1 heterocycles. The van der Waals surface area contributed by atoms with Gasteiger partial charge in [-0.1, -0.05) is 30.3 Å². The zero-order chi connectivity index (χ0) is 16.2. The minimum Gasteiger partial charge on any atom is -0.384 e. The number of piperidine rings is 1. The summed E-state index contributed by atoms with van der Waals surface area (Å²) < 4.78 is 4.98. The first-order chi connectivity index (χ1) is 10.5. The Labute approximate surface area is 132 Å². The van der Waals surface area contributed by atoms with Gasteiger partial charge in [-0.3, -0.25) is 4.79 Å². The maximum atomic E-state index is 12.2. The van der Waals surface area contributed by atoms with Crippen molar-refractivity contribution in [1.82, 2.24) is 9.80 Å². The van der Waals surface area contributed by atoms with Crippen LogP contribution in [0.5, 0.6) is 0 Å². The number of likely N-dealkylation sites (tertiary alicyclic amines) is 1. The number of carbonyl (C=O) groups excluding carboxylic acids is 1. The van der Waals surface area contributed by atoms with E-state index in [0.717, 1.165) is 5.56 Å². The summed E-state index contributed by atoms with van der Waals surface area (Å²) in [6.45, 7) is 1.53. The predicted molar refractivity (Wildman–Crippen MR) is 85.5 cm³/mol. The van der Waals surface area contributed by atoms with Crippen LogP contribution in [0.4, 0.5) is 0 Å². The molecule has 0 bridgehead atoms. The molecule has 122 valence electrons. The summed E-state index contributed by atoms with van der Waals surface area (Å²) >= 11 is 0. The van der Waals surface area contributed by atoms with Crippen LogP contribution in [-0.2, 0) is 15.1 Å². The first-order valence-electron chi connectivity index (χ1n) is 7.70. The summed E-state index contributed by atoms with van der Waals surface area (Å²) in [4.78, 5) is 16.1. The Bertz CT molecular complexity index is 492. The van der Waals surface area contributed by atoms with Crippen LogP contribution in [0, 0.1) is 0 Å². The van der Waals surface area contributed by atoms with E-state index in [9.17, 15) is 9.90 Å². The highest BCUT2D eigenvalue weighted by atomic mass is 16.5. The molecule has 1 aliphatic rings. The van der Waals surface area contributed by atoms with E-state index in [-0.39, 0.29) is 11.9 Å². The van der Waals surface area contributed by atoms with E-state index in [1.54, 1.807) is 7.11 Å². The Morgan fingerprint density at radius 3 is 2.68 bits per heavy atom. The maximum absolute atomic E-state index is 12.2. The van der Waals surface area contributed by atoms with Crippen LogP contribution in [0.15, 0.2) is 30.3 Å². The van der Waals surface area contributed by atoms with E-state index < -0.39 is 5.60 Å². The van der Waals surface area contributed by atoms with Gasteiger partial charge in [0.15, 0.2) is 0 Å². The molecule has 0 spiro atoms. The largest absolute Gasteiger partial charge is 0.384 e. The van der Waals surface area contributed by atoms with Crippen molar-refractivity contribution >= 4 is 5.91 Å². The van der Waals surface area contributed by atoms with E-state index in [0.29, 0.717) is 32.5 Å². The molecule has 1 aliphatic heterocycles. The molecule has 0 saturated carbocycles. The van der Waals surface area contributed by atoms with Crippen molar-refractivity contribution in [1.29, 1.82) is 0 Å². The van der Waals surface area contributed by atoms with Gasteiger partial charge in [0.05, 0.1) is 19.1 Å². The van der Waals surface area contributed by atoms with Crippen LogP contribution in [0.25, 0.3) is 0 Å². The number of carbonyl (C=O) groups is 1. The molecule has 1 saturated heterocycles. The smallest absolute Gasteiger partial charge is 0.224 e. The van der Waals surface area contributed by atoms with Crippen molar-refractivity contribution in [2.45, 2.75) is 24.5 Å². The molecule has 0 unspecified atom stereocenters. The van der Waals surface area contributed by atoms with Gasteiger partial charge in [0, 0.05) is 20.2 Å². The first-order valence-corrected chi connectivity index (χ1v) is 7.70. The number of ether oxygens (including phenoxy) is 1. The second kappa shape index (κ2) is 7.22. The number of hydrogen-bond donors (Lipinski definition) is 1. The van der Waals surface area contributed by atoms with Gasteiger partial charge in [0.2, 0.25) is 5.91 Å². The van der Waals surface area contributed by atoms with Crippen LogP contribution in [-0.4, -0.2) is 67.8 Å². The monoisotopic (exact) mass is 306 g/mol. The summed E-state index contributed by atoms with van der Waals surface area (Å²) in [5.41, 5.74) is -0.0133. The highest BCUT2D eigenvalue weighted by Gasteiger charge is 2.44. The Morgan fingerprint density at radius 2 is 2.09 bits per heavy atom. The number of amides is 1. The summed E-state index contributed by atoms with van der Waals surface area (Å²) in [5, 5.41) is 11.2. The summed E-state index contributed by atoms with van der Waals surface area (Å²) in [6, 6.07) is 9.61. The van der Waals surface area contributed by atoms with E-state index >= 15 is 0 Å². The molecular formula is C17H26N2O3. The Morgan fingerprint density at radius 1 is 1.41 bits per heavy atom. The number of hydrogen-bond acceptors (Lipinski definition) is 4. The SMILES string of the molecule is COCCC(=O)N1CC[C@](O)(c2ccccc2)[C@H](N(C)C)C1. The molecule has 1 aromatic rings. The average Bonchev–Trinajstić information content (AvgIpc) is 2.53. The van der Waals surface area contributed by atoms with Gasteiger partial charge in [-0.05, 0) is 26.1 Å². The first kappa shape index (κ1) is 16.9. The molecule has 2 rings (SSSR count). The maximum Gasteiger partial charge on any atom is 0.224 e. The van der Waals surface area contributed by atoms with Gasteiger partial charge in [0.25, 0.3) is 0 Å². The lowest BCUT2D eigenvalue weighted by atomic mass is 9.79. The van der Waals surface area contributed by atoms with Crippen LogP contribution < -0.4 is 0 Å². The molecular weight excluding hydrogens is 280 g/mol. The van der Waals surface area contributed by atoms with Crippen molar-refractivity contribution < 1.29 is 14.6 Å². The number of benzene rings is 1. The minimum atomic E-state index is -0.928. The second-order valence-corrected chi connectivity index (χ2v) is 6.10. The van der Waals surface area contributed by atoms with Crippen LogP contribution >= 0.6 is 0 Å². The van der Waals surface area contributed by atoms with Gasteiger partial charge >= 0.3 is 0 Å². The molecule has 1 fully saturated rings. The molecule has 22 heavy (non-hydrogen) atoms. The average molecular weight is 306 g/mol. The molecule has 0 aromatic heterocycles. The number of methoxy groups -OCH3 is 1. The van der Waals surface area contributed by atoms with E-state index in [1.165, 1.54) is 0 Å². The van der Waals surface area contributed by atoms with Gasteiger partial charge < -0.3 is 19.6 Å². The van der Waals surface area contributed by atoms with Gasteiger partial charge in [-0.15, -0.1) is 0 Å². The van der Waals surface area contributed by atoms with Gasteiger partial charge in [0.1, 0.15) is 5.60 Å². The van der Waals surface area contributed by atoms with Crippen molar-refractivity contribution in [3.63, 3.8) is 0 Å². The molecule has 1 aromatic carbocycles. The lowest BCUT2D eigenvalue weighted by Gasteiger charge is -2.47. The zero-order valence-corrected chi connectivity index (χ0v) is 13.7. The highest BCUT2D eigenvalue weighted by molar-refractivity contribution is 5.76. The van der Waals surface area contributed by atoms with Gasteiger partial charge in [-0.2, -0.15) is 0 Å². The van der Waals surface area contributed by atoms with Gasteiger partial charge in [-0.25, -0.2) is 0 Å². The topological polar surface area (TPSA) is 53.0 Å². The lowest BCUT2D eigenvalue weighted by Crippen LogP contribution is -2.60. The third kappa shape index (κ3) is 3.48. The van der Waals surface area contributed by atoms with E-state index in [1.807, 2.05) is 54.2 Å². The third-order valence-corrected chi connectivity index (χ3v) is 4.48. The molecule has 2 atom stereocenters. The standard InChI is InChI=1S/C17H26N2O3/c1-18(2)15-13-19(16(20)9-12-22-3)11-10-17(15,21)14-7-5-4-6-8-14/h4-8,15,21H,9-13H2,1-3H3/t15-,17+/m1/s1. The fourth-order valence-electron chi connectivity index (χ4n) is 3.15.